The zero-order valence-electron chi connectivity index (χ0n) is 62.9. The van der Waals surface area contributed by atoms with Crippen molar-refractivity contribution in [1.82, 2.24) is 90.1 Å². The average Bonchev–Trinajstić information content (AvgIpc) is 1.48. The third-order valence-corrected chi connectivity index (χ3v) is 14.8. The number of aryl methyl sites for hydroxylation is 18. The van der Waals surface area contributed by atoms with Crippen LogP contribution in [-0.4, -0.2) is 117 Å². The van der Waals surface area contributed by atoms with Gasteiger partial charge in [0.25, 0.3) is 0 Å². The number of ether oxygens (including phenoxy) is 4. The molecule has 545 valence electrons. The van der Waals surface area contributed by atoms with E-state index in [9.17, 15) is 20.4 Å². The van der Waals surface area contributed by atoms with Gasteiger partial charge in [0.15, 0.2) is 0 Å². The topological polar surface area (TPSA) is 335 Å². The van der Waals surface area contributed by atoms with Crippen LogP contribution in [0.4, 0.5) is 0 Å². The van der Waals surface area contributed by atoms with Crippen molar-refractivity contribution >= 4 is 0 Å². The normalized spacial score (nSPS) is 19.8. The minimum atomic E-state index is -1.68. The third kappa shape index (κ3) is 33.2. The molecule has 2 aliphatic carbocycles. The van der Waals surface area contributed by atoms with Gasteiger partial charge in [0.05, 0.1) is 22.8 Å². The van der Waals surface area contributed by atoms with Gasteiger partial charge in [0.1, 0.15) is 0 Å². The van der Waals surface area contributed by atoms with Crippen molar-refractivity contribution in [3.63, 3.8) is 0 Å². The maximum atomic E-state index is 12.9. The zero-order valence-corrected chi connectivity index (χ0v) is 72.4. The quantitative estimate of drug-likeness (QED) is 0.163. The van der Waals surface area contributed by atoms with Gasteiger partial charge in [0, 0.05) is 127 Å². The molecule has 0 bridgehead atoms. The molecule has 15 rings (SSSR count). The molecular weight excluding hydrogens is 1680 g/mol. The second-order valence-electron chi connectivity index (χ2n) is 25.1. The van der Waals surface area contributed by atoms with Gasteiger partial charge in [-0.15, -0.1) is 28.5 Å². The molecule has 102 heavy (non-hydrogen) atoms. The molecule has 0 atom stereocenters. The molecule has 9 aromatic heterocycles. The fraction of sp³-hybridized carbons (Fsp3) is 0.521. The van der Waals surface area contributed by atoms with Crippen molar-refractivity contribution < 1.29 is 165 Å². The molecule has 13 heterocycles. The Balaban J connectivity index is 0.000000403. The molecule has 0 spiro atoms. The number of hydrogen-bond donors (Lipinski definition) is 0. The summed E-state index contributed by atoms with van der Waals surface area (Å²) in [5.41, 5.74) is 9.37. The fourth-order valence-corrected chi connectivity index (χ4v) is 10.3. The van der Waals surface area contributed by atoms with Gasteiger partial charge in [0.2, 0.25) is 0 Å². The smallest absolute Gasteiger partial charge is 0.826 e. The van der Waals surface area contributed by atoms with Crippen LogP contribution in [0.2, 0.25) is 0 Å². The average molecular weight is 1780 g/mol. The maximum Gasteiger partial charge on any atom is 3.00 e. The van der Waals surface area contributed by atoms with Crippen LogP contribution in [0, 0.1) is 250 Å². The minimum Gasteiger partial charge on any atom is -0.826 e. The minimum absolute atomic E-state index is 0. The van der Waals surface area contributed by atoms with Crippen LogP contribution in [0.15, 0.2) is 103 Å². The molecule has 0 aromatic carbocycles. The molecule has 4 aliphatic heterocycles. The predicted octanol–water partition coefficient (Wildman–Crippen LogP) is 6.80. The first kappa shape index (κ1) is 93.7. The fourth-order valence-electron chi connectivity index (χ4n) is 10.3. The van der Waals surface area contributed by atoms with E-state index in [0.29, 0.717) is 0 Å². The Hall–Kier alpha value is -4.34. The Morgan fingerprint density at radius 3 is 0.471 bits per heavy atom. The van der Waals surface area contributed by atoms with Gasteiger partial charge >= 0.3 is 125 Å². The number of aromatic nitrogens is 18. The zero-order chi connectivity index (χ0) is 72.8. The molecule has 0 saturated carbocycles. The summed E-state index contributed by atoms with van der Waals surface area (Å²) in [5.74, 6) is 0. The molecule has 26 nitrogen and oxygen atoms in total. The van der Waals surface area contributed by atoms with Crippen LogP contribution in [-0.2, 0) is 41.8 Å². The molecule has 29 heteroatoms. The van der Waals surface area contributed by atoms with Gasteiger partial charge in [-0.1, -0.05) is 114 Å². The summed E-state index contributed by atoms with van der Waals surface area (Å²) in [6.45, 7) is 41.9. The second kappa shape index (κ2) is 47.4. The van der Waals surface area contributed by atoms with E-state index in [0.717, 1.165) is 155 Å². The van der Waals surface area contributed by atoms with Crippen molar-refractivity contribution in [1.29, 1.82) is 0 Å². The maximum absolute atomic E-state index is 12.9. The molecule has 0 amide bonds. The molecule has 6 aliphatic rings. The van der Waals surface area contributed by atoms with Gasteiger partial charge in [-0.05, 0) is 166 Å². The first-order valence-corrected chi connectivity index (χ1v) is 33.7. The first-order valence-electron chi connectivity index (χ1n) is 33.7. The van der Waals surface area contributed by atoms with E-state index in [1.165, 1.54) is 119 Å². The molecule has 3 radical (unpaired) electrons. The van der Waals surface area contributed by atoms with Crippen LogP contribution in [0.5, 0.6) is 0 Å². The van der Waals surface area contributed by atoms with E-state index in [4.69, 9.17) is 18.9 Å². The van der Waals surface area contributed by atoms with Gasteiger partial charge in [-0.25, -0.2) is 0 Å². The summed E-state index contributed by atoms with van der Waals surface area (Å²) in [4.78, 5) is 0. The molecule has 0 unspecified atom stereocenters. The van der Waals surface area contributed by atoms with Crippen molar-refractivity contribution in [2.45, 2.75) is 199 Å². The van der Waals surface area contributed by atoms with E-state index in [2.05, 4.69) is 71.4 Å². The Bertz CT molecular complexity index is 3240. The molecule has 4 saturated heterocycles. The second-order valence-corrected chi connectivity index (χ2v) is 25.1. The number of hydrogen-bond acceptors (Lipinski definition) is 17. The van der Waals surface area contributed by atoms with E-state index >= 15 is 0 Å². The Labute approximate surface area is 704 Å². The summed E-state index contributed by atoms with van der Waals surface area (Å²) in [5, 5.41) is 106. The summed E-state index contributed by atoms with van der Waals surface area (Å²) in [7, 11) is 0. The Kier molecular flexibility index (Phi) is 43.5. The van der Waals surface area contributed by atoms with Crippen LogP contribution in [0.3, 0.4) is 0 Å². The number of rotatable bonds is 4. The van der Waals surface area contributed by atoms with E-state index < -0.39 is 22.9 Å². The molecular formula is C73H103Ce3N18O8. The van der Waals surface area contributed by atoms with E-state index in [1.807, 2.05) is 179 Å². The van der Waals surface area contributed by atoms with Crippen LogP contribution < -0.4 is 45.9 Å². The molecule has 0 N–H and O–H groups in total. The van der Waals surface area contributed by atoms with Gasteiger partial charge in [-0.2, -0.15) is 20.4 Å². The Morgan fingerprint density at radius 1 is 0.255 bits per heavy atom. The number of nitrogens with zero attached hydrogens (tertiary/aromatic N) is 18. The van der Waals surface area contributed by atoms with Gasteiger partial charge < -0.3 is 90.4 Å². The van der Waals surface area contributed by atoms with E-state index in [-0.39, 0.29) is 125 Å². The van der Waals surface area contributed by atoms with Crippen molar-refractivity contribution in [2.24, 2.45) is 0 Å². The standard InChI is InChI=1S/2C16H18N4O2.5C5H7N2.4C4H8O.3Ce/c2*1-11-9-13(3)19(17-11)15(21)5-7-16(22,8-6-15)20-14(4)10-12(2)18-20;5*1-4-3-5(2)7-6-4;4*1-2-4-5-3-1;;;/h2*5-10H,1-4H3;5*3H,1-2H3;4*1-4H2;;;/q2*-2;5*-1;;;;;3*+3. The van der Waals surface area contributed by atoms with E-state index in [1.54, 1.807) is 0 Å². The molecule has 9 aromatic rings. The first-order chi connectivity index (χ1) is 46.9. The Morgan fingerprint density at radius 2 is 0.402 bits per heavy atom. The summed E-state index contributed by atoms with van der Waals surface area (Å²) >= 11 is 0. The summed E-state index contributed by atoms with van der Waals surface area (Å²) in [6, 6.07) is 17.1. The van der Waals surface area contributed by atoms with Crippen molar-refractivity contribution in [3.8, 4) is 0 Å². The van der Waals surface area contributed by atoms with Crippen molar-refractivity contribution in [3.05, 3.63) is 206 Å². The largest absolute Gasteiger partial charge is 3.00 e. The summed E-state index contributed by atoms with van der Waals surface area (Å²) in [6.07, 6.45) is 21.1. The van der Waals surface area contributed by atoms with Gasteiger partial charge in [-0.3, -0.25) is 18.7 Å². The SMILES string of the molecule is C1CCOC1.C1CCOC1.C1CCOC1.C1CCOC1.Cc1cc(C)[n-]n1.Cc1cc(C)[n-]n1.Cc1cc(C)[n-]n1.Cc1cc(C)[n-]n1.Cc1cc(C)[n-]n1.Cc1cc(C)n(C2([O-])C=CC([O-])(n3nc(C)cc3C)C=C2)n1.Cc1cc(C)n(C2([O-])C=CC([O-])(n3nc(C)cc3C)C=C2)n1.[Ce+3].[Ce+3].[Ce+3]. The van der Waals surface area contributed by atoms with Crippen LogP contribution in [0.25, 0.3) is 0 Å². The molecule has 4 fully saturated rings. The summed E-state index contributed by atoms with van der Waals surface area (Å²) < 4.78 is 25.3. The van der Waals surface area contributed by atoms with Crippen molar-refractivity contribution in [2.75, 3.05) is 52.9 Å². The van der Waals surface area contributed by atoms with Crippen LogP contribution in [0.1, 0.15) is 154 Å². The predicted molar refractivity (Wildman–Crippen MR) is 371 cm³/mol. The van der Waals surface area contributed by atoms with Crippen LogP contribution >= 0.6 is 0 Å². The third-order valence-electron chi connectivity index (χ3n) is 14.8. The monoisotopic (exact) mass is 1780 g/mol.